The summed E-state index contributed by atoms with van der Waals surface area (Å²) in [6.07, 6.45) is 8.70. The first-order valence-electron chi connectivity index (χ1n) is 5.79. The summed E-state index contributed by atoms with van der Waals surface area (Å²) in [5.41, 5.74) is 1.08. The average Bonchev–Trinajstić information content (AvgIpc) is 2.66. The molecule has 1 aliphatic rings. The summed E-state index contributed by atoms with van der Waals surface area (Å²) in [6.45, 7) is 1.64. The molecule has 0 aromatic carbocycles. The van der Waals surface area contributed by atoms with E-state index in [9.17, 15) is 4.79 Å². The lowest BCUT2D eigenvalue weighted by molar-refractivity contribution is -0.116. The van der Waals surface area contributed by atoms with Gasteiger partial charge in [0.25, 0.3) is 0 Å². The molecule has 0 aliphatic heterocycles. The van der Waals surface area contributed by atoms with Crippen LogP contribution >= 0.6 is 0 Å². The van der Waals surface area contributed by atoms with Crippen molar-refractivity contribution in [3.8, 4) is 0 Å². The highest BCUT2D eigenvalue weighted by Gasteiger charge is 2.18. The quantitative estimate of drug-likeness (QED) is 0.761. The van der Waals surface area contributed by atoms with Crippen molar-refractivity contribution in [3.05, 3.63) is 18.0 Å². The van der Waals surface area contributed by atoms with E-state index in [0.29, 0.717) is 12.5 Å². The number of Topliss-reactive ketones (excluding diaryl/α,β-unsaturated/α-hetero) is 1. The van der Waals surface area contributed by atoms with E-state index >= 15 is 0 Å². The van der Waals surface area contributed by atoms with E-state index in [1.54, 1.807) is 6.92 Å². The van der Waals surface area contributed by atoms with E-state index in [0.717, 1.165) is 5.69 Å². The number of nitrogens with zero attached hydrogens (tertiary/aromatic N) is 2. The molecule has 1 aliphatic carbocycles. The van der Waals surface area contributed by atoms with Crippen molar-refractivity contribution in [1.29, 1.82) is 0 Å². The minimum Gasteiger partial charge on any atom is -0.300 e. The van der Waals surface area contributed by atoms with Crippen LogP contribution in [-0.4, -0.2) is 15.6 Å². The van der Waals surface area contributed by atoms with Gasteiger partial charge in [0.1, 0.15) is 5.78 Å². The lowest BCUT2D eigenvalue weighted by Crippen LogP contribution is -2.17. The van der Waals surface area contributed by atoms with Crippen LogP contribution in [0.15, 0.2) is 12.3 Å². The molecule has 1 heterocycles. The topological polar surface area (TPSA) is 34.9 Å². The molecule has 0 unspecified atom stereocenters. The van der Waals surface area contributed by atoms with Gasteiger partial charge in [0, 0.05) is 18.3 Å². The van der Waals surface area contributed by atoms with Crippen molar-refractivity contribution >= 4 is 5.78 Å². The smallest absolute Gasteiger partial charge is 0.135 e. The molecule has 0 amide bonds. The van der Waals surface area contributed by atoms with Gasteiger partial charge in [0.15, 0.2) is 0 Å². The number of aromatic nitrogens is 2. The van der Waals surface area contributed by atoms with Crippen molar-refractivity contribution in [2.24, 2.45) is 0 Å². The SMILES string of the molecule is CC(=O)Cc1ccnn1C1CCCCC1. The summed E-state index contributed by atoms with van der Waals surface area (Å²) < 4.78 is 2.07. The molecule has 3 nitrogen and oxygen atoms in total. The summed E-state index contributed by atoms with van der Waals surface area (Å²) in [5.74, 6) is 0.215. The minimum absolute atomic E-state index is 0.215. The zero-order valence-electron chi connectivity index (χ0n) is 9.28. The monoisotopic (exact) mass is 206 g/mol. The largest absolute Gasteiger partial charge is 0.300 e. The maximum absolute atomic E-state index is 11.1. The lowest BCUT2D eigenvalue weighted by Gasteiger charge is -2.23. The molecule has 2 rings (SSSR count). The van der Waals surface area contributed by atoms with Crippen LogP contribution in [0, 0.1) is 0 Å². The third kappa shape index (κ3) is 2.46. The Morgan fingerprint density at radius 2 is 2.20 bits per heavy atom. The van der Waals surface area contributed by atoms with Crippen LogP contribution in [0.2, 0.25) is 0 Å². The van der Waals surface area contributed by atoms with E-state index in [1.807, 2.05) is 12.3 Å². The molecule has 0 atom stereocenters. The van der Waals surface area contributed by atoms with Crippen molar-refractivity contribution in [3.63, 3.8) is 0 Å². The molecule has 1 saturated carbocycles. The molecule has 3 heteroatoms. The summed E-state index contributed by atoms with van der Waals surface area (Å²) in [5, 5.41) is 4.36. The van der Waals surface area contributed by atoms with Gasteiger partial charge in [-0.25, -0.2) is 0 Å². The number of hydrogen-bond acceptors (Lipinski definition) is 2. The van der Waals surface area contributed by atoms with Crippen molar-refractivity contribution in [2.45, 2.75) is 51.5 Å². The van der Waals surface area contributed by atoms with Gasteiger partial charge < -0.3 is 0 Å². The average molecular weight is 206 g/mol. The van der Waals surface area contributed by atoms with Gasteiger partial charge in [-0.2, -0.15) is 5.10 Å². The van der Waals surface area contributed by atoms with Crippen molar-refractivity contribution < 1.29 is 4.79 Å². The highest BCUT2D eigenvalue weighted by molar-refractivity contribution is 5.77. The molecule has 1 aromatic heterocycles. The number of carbonyl (C=O) groups excluding carboxylic acids is 1. The van der Waals surface area contributed by atoms with Crippen LogP contribution in [0.4, 0.5) is 0 Å². The zero-order chi connectivity index (χ0) is 10.7. The van der Waals surface area contributed by atoms with Gasteiger partial charge in [0.05, 0.1) is 6.04 Å². The standard InChI is InChI=1S/C12H18N2O/c1-10(15)9-12-7-8-13-14(12)11-5-3-2-4-6-11/h7-8,11H,2-6,9H2,1H3. The molecule has 0 N–H and O–H groups in total. The molecule has 1 aromatic rings. The van der Waals surface area contributed by atoms with Gasteiger partial charge in [-0.15, -0.1) is 0 Å². The summed E-state index contributed by atoms with van der Waals surface area (Å²) in [6, 6.07) is 2.50. The predicted molar refractivity (Wildman–Crippen MR) is 58.7 cm³/mol. The fourth-order valence-corrected chi connectivity index (χ4v) is 2.39. The Bertz CT molecular complexity index is 337. The molecule has 0 spiro atoms. The Balaban J connectivity index is 2.12. The zero-order valence-corrected chi connectivity index (χ0v) is 9.28. The molecular weight excluding hydrogens is 188 g/mol. The number of carbonyl (C=O) groups is 1. The predicted octanol–water partition coefficient (Wildman–Crippen LogP) is 2.52. The first-order chi connectivity index (χ1) is 7.27. The van der Waals surface area contributed by atoms with Crippen LogP contribution in [0.25, 0.3) is 0 Å². The highest BCUT2D eigenvalue weighted by atomic mass is 16.1. The number of hydrogen-bond donors (Lipinski definition) is 0. The Morgan fingerprint density at radius 3 is 2.87 bits per heavy atom. The second-order valence-electron chi connectivity index (χ2n) is 4.44. The molecule has 0 bridgehead atoms. The third-order valence-corrected chi connectivity index (χ3v) is 3.10. The van der Waals surface area contributed by atoms with Crippen LogP contribution in [0.1, 0.15) is 50.8 Å². The molecule has 0 saturated heterocycles. The fraction of sp³-hybridized carbons (Fsp3) is 0.667. The Labute approximate surface area is 90.5 Å². The van der Waals surface area contributed by atoms with Crippen molar-refractivity contribution in [2.75, 3.05) is 0 Å². The molecule has 15 heavy (non-hydrogen) atoms. The molecule has 0 radical (unpaired) electrons. The maximum Gasteiger partial charge on any atom is 0.135 e. The highest BCUT2D eigenvalue weighted by Crippen LogP contribution is 2.28. The normalized spacial score (nSPS) is 17.9. The molecule has 82 valence electrons. The summed E-state index contributed by atoms with van der Waals surface area (Å²) >= 11 is 0. The van der Waals surface area contributed by atoms with Gasteiger partial charge >= 0.3 is 0 Å². The van der Waals surface area contributed by atoms with Crippen LogP contribution in [0.5, 0.6) is 0 Å². The fourth-order valence-electron chi connectivity index (χ4n) is 2.39. The van der Waals surface area contributed by atoms with Crippen LogP contribution in [-0.2, 0) is 11.2 Å². The van der Waals surface area contributed by atoms with Crippen LogP contribution < -0.4 is 0 Å². The Morgan fingerprint density at radius 1 is 1.47 bits per heavy atom. The Hall–Kier alpha value is -1.12. The molecular formula is C12H18N2O. The van der Waals surface area contributed by atoms with E-state index in [4.69, 9.17) is 0 Å². The van der Waals surface area contributed by atoms with Gasteiger partial charge in [-0.05, 0) is 25.8 Å². The van der Waals surface area contributed by atoms with Crippen molar-refractivity contribution in [1.82, 2.24) is 9.78 Å². The van der Waals surface area contributed by atoms with E-state index in [2.05, 4.69) is 9.78 Å². The van der Waals surface area contributed by atoms with Gasteiger partial charge in [0.2, 0.25) is 0 Å². The Kier molecular flexibility index (Phi) is 3.19. The minimum atomic E-state index is 0.215. The first-order valence-corrected chi connectivity index (χ1v) is 5.79. The first kappa shape index (κ1) is 10.4. The summed E-state index contributed by atoms with van der Waals surface area (Å²) in [4.78, 5) is 11.1. The number of ketones is 1. The van der Waals surface area contributed by atoms with Crippen LogP contribution in [0.3, 0.4) is 0 Å². The summed E-state index contributed by atoms with van der Waals surface area (Å²) in [7, 11) is 0. The van der Waals surface area contributed by atoms with E-state index in [1.165, 1.54) is 32.1 Å². The van der Waals surface area contributed by atoms with Gasteiger partial charge in [-0.1, -0.05) is 19.3 Å². The molecule has 1 fully saturated rings. The lowest BCUT2D eigenvalue weighted by atomic mass is 9.95. The maximum atomic E-state index is 11.1. The second kappa shape index (κ2) is 4.60. The second-order valence-corrected chi connectivity index (χ2v) is 4.44. The third-order valence-electron chi connectivity index (χ3n) is 3.10. The van der Waals surface area contributed by atoms with E-state index < -0.39 is 0 Å². The van der Waals surface area contributed by atoms with Gasteiger partial charge in [-0.3, -0.25) is 9.48 Å². The van der Waals surface area contributed by atoms with E-state index in [-0.39, 0.29) is 5.78 Å². The number of rotatable bonds is 3.